The van der Waals surface area contributed by atoms with Crippen LogP contribution in [0.25, 0.3) is 0 Å². The molecule has 0 fully saturated rings. The molecular formula is C22Br12N2O4. The van der Waals surface area contributed by atoms with Gasteiger partial charge in [-0.1, -0.05) is 0 Å². The first kappa shape index (κ1) is 33.1. The highest BCUT2D eigenvalue weighted by atomic mass is 79.9. The van der Waals surface area contributed by atoms with Crippen molar-refractivity contribution >= 4 is 226 Å². The molecule has 2 aliphatic heterocycles. The second kappa shape index (κ2) is 11.8. The summed E-state index contributed by atoms with van der Waals surface area (Å²) in [5, 5.41) is 0. The summed E-state index contributed by atoms with van der Waals surface area (Å²) in [7, 11) is 0. The van der Waals surface area contributed by atoms with E-state index >= 15 is 0 Å². The number of carbonyl (C=O) groups is 4. The lowest BCUT2D eigenvalue weighted by atomic mass is 10.1. The SMILES string of the molecule is O=C1c2c(Br)c(Br)c(Br)c(Br)c2C(=O)N1c1c(Br)c(Br)c(Br)c(Br)c1N1C(=O)c2c(Br)c(Br)c(Br)c(Br)c2C1=O. The van der Waals surface area contributed by atoms with Crippen molar-refractivity contribution in [2.24, 2.45) is 0 Å². The predicted octanol–water partition coefficient (Wildman–Crippen LogP) is 12.4. The molecule has 0 unspecified atom stereocenters. The number of imide groups is 2. The van der Waals surface area contributed by atoms with Gasteiger partial charge < -0.3 is 0 Å². The minimum atomic E-state index is -0.673. The number of benzene rings is 3. The molecule has 0 saturated carbocycles. The summed E-state index contributed by atoms with van der Waals surface area (Å²) in [6, 6.07) is 0. The number of rotatable bonds is 2. The first-order chi connectivity index (χ1) is 18.6. The van der Waals surface area contributed by atoms with Crippen molar-refractivity contribution in [2.45, 2.75) is 0 Å². The Morgan fingerprint density at radius 1 is 0.275 bits per heavy atom. The largest absolute Gasteiger partial charge is 0.268 e. The summed E-state index contributed by atoms with van der Waals surface area (Å²) in [6.45, 7) is 0. The van der Waals surface area contributed by atoms with E-state index in [1.165, 1.54) is 0 Å². The van der Waals surface area contributed by atoms with Crippen LogP contribution >= 0.6 is 191 Å². The van der Waals surface area contributed by atoms with Gasteiger partial charge in [0.05, 0.1) is 42.6 Å². The van der Waals surface area contributed by atoms with Crippen molar-refractivity contribution in [3.63, 3.8) is 0 Å². The fourth-order valence-electron chi connectivity index (χ4n) is 4.12. The summed E-state index contributed by atoms with van der Waals surface area (Å²) >= 11 is 41.4. The van der Waals surface area contributed by atoms with E-state index in [2.05, 4.69) is 191 Å². The van der Waals surface area contributed by atoms with E-state index < -0.39 is 23.6 Å². The highest BCUT2D eigenvalue weighted by molar-refractivity contribution is 9.16. The summed E-state index contributed by atoms with van der Waals surface area (Å²) in [6.07, 6.45) is 0. The van der Waals surface area contributed by atoms with Crippen molar-refractivity contribution in [1.82, 2.24) is 0 Å². The van der Waals surface area contributed by atoms with Gasteiger partial charge in [0.15, 0.2) is 0 Å². The Morgan fingerprint density at radius 3 is 0.650 bits per heavy atom. The number of nitrogens with zero attached hydrogens (tertiary/aromatic N) is 2. The second-order valence-electron chi connectivity index (χ2n) is 7.86. The topological polar surface area (TPSA) is 74.8 Å². The van der Waals surface area contributed by atoms with Gasteiger partial charge in [0.1, 0.15) is 0 Å². The number of fused-ring (bicyclic) bond motifs is 2. The van der Waals surface area contributed by atoms with E-state index in [1.807, 2.05) is 0 Å². The molecule has 18 heteroatoms. The Morgan fingerprint density at radius 2 is 0.450 bits per heavy atom. The molecule has 3 aromatic rings. The molecule has 40 heavy (non-hydrogen) atoms. The quantitative estimate of drug-likeness (QED) is 0.146. The molecule has 0 bridgehead atoms. The molecule has 0 N–H and O–H groups in total. The highest BCUT2D eigenvalue weighted by Crippen LogP contribution is 2.56. The summed E-state index contributed by atoms with van der Waals surface area (Å²) in [4.78, 5) is 57.8. The number of anilines is 2. The monoisotopic (exact) mass is 1300 g/mol. The van der Waals surface area contributed by atoms with Crippen molar-refractivity contribution in [1.29, 1.82) is 0 Å². The minimum Gasteiger partial charge on any atom is -0.268 e. The Balaban J connectivity index is 1.84. The minimum absolute atomic E-state index is 0.0286. The van der Waals surface area contributed by atoms with Gasteiger partial charge in [0.2, 0.25) is 0 Å². The zero-order chi connectivity index (χ0) is 29.9. The van der Waals surface area contributed by atoms with Gasteiger partial charge in [-0.2, -0.15) is 0 Å². The van der Waals surface area contributed by atoms with Gasteiger partial charge in [-0.05, 0) is 191 Å². The van der Waals surface area contributed by atoms with Crippen molar-refractivity contribution < 1.29 is 19.2 Å². The van der Waals surface area contributed by atoms with E-state index in [4.69, 9.17) is 0 Å². The fraction of sp³-hybridized carbons (Fsp3) is 0. The standard InChI is InChI=1S/C22Br12N2O4/c23-5-1-2(6(24)10(28)9(5)27)20(38)35(19(1)37)17-15(33)13(31)14(32)16(34)18(17)36-21(39)3-4(22(36)40)8(26)12(30)11(29)7(3)25. The molecular weight excluding hydrogens is 1320 g/mol. The zero-order valence-corrected chi connectivity index (χ0v) is 37.1. The molecule has 2 aliphatic rings. The molecule has 0 spiro atoms. The third-order valence-corrected chi connectivity index (χ3v) is 20.1. The number of hydrogen-bond acceptors (Lipinski definition) is 4. The zero-order valence-electron chi connectivity index (χ0n) is 18.1. The average molecular weight is 1320 g/mol. The maximum Gasteiger partial charge on any atom is 0.267 e. The lowest BCUT2D eigenvalue weighted by Gasteiger charge is -2.27. The fourth-order valence-corrected chi connectivity index (χ4v) is 11.5. The van der Waals surface area contributed by atoms with E-state index in [0.29, 0.717) is 44.7 Å². The van der Waals surface area contributed by atoms with Crippen LogP contribution in [0.3, 0.4) is 0 Å². The molecule has 206 valence electrons. The summed E-state index contributed by atoms with van der Waals surface area (Å²) < 4.78 is 4.85. The maximum atomic E-state index is 14.0. The van der Waals surface area contributed by atoms with E-state index in [9.17, 15) is 19.2 Å². The smallest absolute Gasteiger partial charge is 0.267 e. The van der Waals surface area contributed by atoms with Crippen LogP contribution in [0.1, 0.15) is 41.4 Å². The van der Waals surface area contributed by atoms with Crippen LogP contribution in [0.4, 0.5) is 11.4 Å². The van der Waals surface area contributed by atoms with Crippen LogP contribution in [0.15, 0.2) is 53.7 Å². The molecule has 6 nitrogen and oxygen atoms in total. The van der Waals surface area contributed by atoms with Crippen LogP contribution < -0.4 is 9.80 Å². The van der Waals surface area contributed by atoms with Gasteiger partial charge in [-0.3, -0.25) is 19.2 Å². The van der Waals surface area contributed by atoms with Gasteiger partial charge in [-0.25, -0.2) is 9.80 Å². The van der Waals surface area contributed by atoms with Crippen LogP contribution in [0.5, 0.6) is 0 Å². The molecule has 0 radical (unpaired) electrons. The van der Waals surface area contributed by atoms with Gasteiger partial charge in [-0.15, -0.1) is 0 Å². The number of amides is 4. The number of carbonyl (C=O) groups excluding carboxylic acids is 4. The first-order valence-corrected chi connectivity index (χ1v) is 19.4. The van der Waals surface area contributed by atoms with Gasteiger partial charge >= 0.3 is 0 Å². The third-order valence-electron chi connectivity index (χ3n) is 5.87. The molecule has 0 saturated heterocycles. The van der Waals surface area contributed by atoms with Gasteiger partial charge in [0.25, 0.3) is 23.6 Å². The lowest BCUT2D eigenvalue weighted by molar-refractivity contribution is 0.0903. The van der Waals surface area contributed by atoms with E-state index in [1.54, 1.807) is 0 Å². The van der Waals surface area contributed by atoms with Crippen molar-refractivity contribution in [3.8, 4) is 0 Å². The van der Waals surface area contributed by atoms with E-state index in [-0.39, 0.29) is 42.6 Å². The molecule has 3 aromatic carbocycles. The molecule has 0 aliphatic carbocycles. The first-order valence-electron chi connectivity index (χ1n) is 9.93. The second-order valence-corrected chi connectivity index (χ2v) is 17.4. The lowest BCUT2D eigenvalue weighted by Crippen LogP contribution is -2.36. The highest BCUT2D eigenvalue weighted by Gasteiger charge is 2.49. The number of hydrogen-bond donors (Lipinski definition) is 0. The Hall–Kier alpha value is 1.70. The molecule has 2 heterocycles. The predicted molar refractivity (Wildman–Crippen MR) is 194 cm³/mol. The van der Waals surface area contributed by atoms with Crippen LogP contribution in [-0.2, 0) is 0 Å². The Kier molecular flexibility index (Phi) is 9.77. The van der Waals surface area contributed by atoms with Crippen LogP contribution in [0.2, 0.25) is 0 Å². The summed E-state index contributed by atoms with van der Waals surface area (Å²) in [5.41, 5.74) is 0.334. The normalized spacial score (nSPS) is 14.6. The molecule has 0 atom stereocenters. The van der Waals surface area contributed by atoms with Gasteiger partial charge in [0, 0.05) is 44.7 Å². The third kappa shape index (κ3) is 4.60. The number of halogens is 12. The molecule has 4 amide bonds. The van der Waals surface area contributed by atoms with E-state index in [0.717, 1.165) is 9.80 Å². The Bertz CT molecular complexity index is 1600. The van der Waals surface area contributed by atoms with Crippen LogP contribution in [-0.4, -0.2) is 23.6 Å². The van der Waals surface area contributed by atoms with Crippen molar-refractivity contribution in [3.05, 3.63) is 75.9 Å². The molecule has 5 rings (SSSR count). The van der Waals surface area contributed by atoms with Crippen LogP contribution in [0, 0.1) is 0 Å². The maximum absolute atomic E-state index is 14.0. The summed E-state index contributed by atoms with van der Waals surface area (Å²) in [5.74, 6) is -2.69. The average Bonchev–Trinajstić information content (AvgIpc) is 3.33. The molecule has 0 aromatic heterocycles. The Labute approximate surface area is 326 Å². The van der Waals surface area contributed by atoms with Crippen molar-refractivity contribution in [2.75, 3.05) is 9.80 Å².